The van der Waals surface area contributed by atoms with E-state index in [0.717, 1.165) is 22.3 Å². The zero-order valence-corrected chi connectivity index (χ0v) is 13.0. The number of nitrogens with zero attached hydrogens (tertiary/aromatic N) is 2. The van der Waals surface area contributed by atoms with Crippen LogP contribution in [0.15, 0.2) is 36.5 Å². The van der Waals surface area contributed by atoms with Crippen LogP contribution in [0.1, 0.15) is 10.4 Å². The summed E-state index contributed by atoms with van der Waals surface area (Å²) in [5, 5.41) is 6.22. The standard InChI is InChI=1S/C16H16N6O2/c1-18-16-19-5-4-12(22-16)13-7-10-6-9(2-3-11(10)21-13)15(24)20-8-14(17)23/h2-7,21H,8H2,1H3,(H2,17,23)(H,20,24)(H,18,19,22). The zero-order chi connectivity index (χ0) is 17.1. The molecule has 0 saturated carbocycles. The number of carbonyl (C=O) groups excluding carboxylic acids is 2. The largest absolute Gasteiger partial charge is 0.368 e. The van der Waals surface area contributed by atoms with Crippen molar-refractivity contribution in [1.29, 1.82) is 0 Å². The second-order valence-electron chi connectivity index (χ2n) is 5.15. The molecule has 3 aromatic rings. The number of hydrogen-bond acceptors (Lipinski definition) is 5. The zero-order valence-electron chi connectivity index (χ0n) is 13.0. The number of amides is 2. The number of benzene rings is 1. The van der Waals surface area contributed by atoms with Crippen molar-refractivity contribution < 1.29 is 9.59 Å². The number of fused-ring (bicyclic) bond motifs is 1. The molecule has 0 atom stereocenters. The Kier molecular flexibility index (Phi) is 4.11. The summed E-state index contributed by atoms with van der Waals surface area (Å²) in [6.45, 7) is -0.191. The number of H-pyrrole nitrogens is 1. The molecular weight excluding hydrogens is 308 g/mol. The Labute approximate surface area is 137 Å². The van der Waals surface area contributed by atoms with Gasteiger partial charge in [-0.05, 0) is 30.3 Å². The van der Waals surface area contributed by atoms with Crippen LogP contribution in [0.25, 0.3) is 22.3 Å². The molecule has 0 radical (unpaired) electrons. The van der Waals surface area contributed by atoms with E-state index in [1.165, 1.54) is 0 Å². The second-order valence-corrected chi connectivity index (χ2v) is 5.15. The molecule has 2 aromatic heterocycles. The van der Waals surface area contributed by atoms with Gasteiger partial charge < -0.3 is 21.4 Å². The highest BCUT2D eigenvalue weighted by atomic mass is 16.2. The van der Waals surface area contributed by atoms with E-state index in [9.17, 15) is 9.59 Å². The van der Waals surface area contributed by atoms with Crippen molar-refractivity contribution in [2.24, 2.45) is 5.73 Å². The first-order valence-corrected chi connectivity index (χ1v) is 7.27. The van der Waals surface area contributed by atoms with Crippen molar-refractivity contribution in [2.45, 2.75) is 0 Å². The molecule has 2 heterocycles. The molecule has 0 spiro atoms. The van der Waals surface area contributed by atoms with Gasteiger partial charge in [-0.25, -0.2) is 9.97 Å². The van der Waals surface area contributed by atoms with E-state index in [2.05, 4.69) is 25.6 Å². The molecule has 8 heteroatoms. The predicted molar refractivity (Wildman–Crippen MR) is 90.4 cm³/mol. The lowest BCUT2D eigenvalue weighted by Crippen LogP contribution is -2.33. The lowest BCUT2D eigenvalue weighted by Gasteiger charge is -2.02. The van der Waals surface area contributed by atoms with Crippen molar-refractivity contribution >= 4 is 28.7 Å². The number of rotatable bonds is 5. The maximum atomic E-state index is 12.0. The molecule has 5 N–H and O–H groups in total. The summed E-state index contributed by atoms with van der Waals surface area (Å²) < 4.78 is 0. The van der Waals surface area contributed by atoms with Gasteiger partial charge in [0, 0.05) is 29.7 Å². The van der Waals surface area contributed by atoms with E-state index in [-0.39, 0.29) is 12.5 Å². The average Bonchev–Trinajstić information content (AvgIpc) is 3.02. The van der Waals surface area contributed by atoms with Crippen LogP contribution in [0, 0.1) is 0 Å². The molecule has 0 fully saturated rings. The summed E-state index contributed by atoms with van der Waals surface area (Å²) in [7, 11) is 1.75. The predicted octanol–water partition coefficient (Wildman–Crippen LogP) is 0.882. The first kappa shape index (κ1) is 15.5. The molecule has 122 valence electrons. The average molecular weight is 324 g/mol. The van der Waals surface area contributed by atoms with Gasteiger partial charge in [0.1, 0.15) is 0 Å². The van der Waals surface area contributed by atoms with E-state index < -0.39 is 5.91 Å². The molecule has 0 aliphatic heterocycles. The molecule has 3 rings (SSSR count). The van der Waals surface area contributed by atoms with Crippen LogP contribution in [0.2, 0.25) is 0 Å². The summed E-state index contributed by atoms with van der Waals surface area (Å²) in [4.78, 5) is 34.5. The molecule has 0 aliphatic carbocycles. The Morgan fingerprint density at radius 2 is 2.08 bits per heavy atom. The fraction of sp³-hybridized carbons (Fsp3) is 0.125. The Hall–Kier alpha value is -3.42. The Morgan fingerprint density at radius 3 is 2.83 bits per heavy atom. The summed E-state index contributed by atoms with van der Waals surface area (Å²) >= 11 is 0. The Morgan fingerprint density at radius 1 is 1.25 bits per heavy atom. The summed E-state index contributed by atoms with van der Waals surface area (Å²) in [6, 6.07) is 8.93. The molecule has 24 heavy (non-hydrogen) atoms. The first-order chi connectivity index (χ1) is 11.6. The van der Waals surface area contributed by atoms with Crippen molar-refractivity contribution in [3.63, 3.8) is 0 Å². The fourth-order valence-electron chi connectivity index (χ4n) is 2.31. The molecule has 0 saturated heterocycles. The number of carbonyl (C=O) groups is 2. The van der Waals surface area contributed by atoms with E-state index in [0.29, 0.717) is 11.5 Å². The van der Waals surface area contributed by atoms with E-state index in [1.54, 1.807) is 37.5 Å². The summed E-state index contributed by atoms with van der Waals surface area (Å²) in [5.41, 5.74) is 7.91. The minimum Gasteiger partial charge on any atom is -0.368 e. The third-order valence-corrected chi connectivity index (χ3v) is 3.46. The monoisotopic (exact) mass is 324 g/mol. The van der Waals surface area contributed by atoms with Crippen molar-refractivity contribution in [3.8, 4) is 11.4 Å². The number of aromatic amines is 1. The van der Waals surface area contributed by atoms with Crippen LogP contribution < -0.4 is 16.4 Å². The van der Waals surface area contributed by atoms with Crippen LogP contribution in [-0.2, 0) is 4.79 Å². The highest BCUT2D eigenvalue weighted by Gasteiger charge is 2.10. The number of anilines is 1. The van der Waals surface area contributed by atoms with Crippen LogP contribution in [0.5, 0.6) is 0 Å². The highest BCUT2D eigenvalue weighted by molar-refractivity contribution is 6.00. The van der Waals surface area contributed by atoms with Crippen LogP contribution in [-0.4, -0.2) is 40.4 Å². The minimum absolute atomic E-state index is 0.191. The number of nitrogens with one attached hydrogen (secondary N) is 3. The smallest absolute Gasteiger partial charge is 0.251 e. The number of aromatic nitrogens is 3. The maximum absolute atomic E-state index is 12.0. The van der Waals surface area contributed by atoms with E-state index in [4.69, 9.17) is 5.73 Å². The second kappa shape index (κ2) is 6.37. The quantitative estimate of drug-likeness (QED) is 0.554. The van der Waals surface area contributed by atoms with Gasteiger partial charge in [0.25, 0.3) is 5.91 Å². The van der Waals surface area contributed by atoms with Gasteiger partial charge in [-0.3, -0.25) is 9.59 Å². The number of hydrogen-bond donors (Lipinski definition) is 4. The van der Waals surface area contributed by atoms with Gasteiger partial charge in [-0.1, -0.05) is 0 Å². The van der Waals surface area contributed by atoms with E-state index in [1.807, 2.05) is 6.07 Å². The molecule has 8 nitrogen and oxygen atoms in total. The molecule has 0 bridgehead atoms. The van der Waals surface area contributed by atoms with Crippen molar-refractivity contribution in [3.05, 3.63) is 42.1 Å². The van der Waals surface area contributed by atoms with Crippen LogP contribution in [0.4, 0.5) is 5.95 Å². The molecule has 0 aliphatic rings. The van der Waals surface area contributed by atoms with Gasteiger partial charge in [-0.15, -0.1) is 0 Å². The third-order valence-electron chi connectivity index (χ3n) is 3.46. The summed E-state index contributed by atoms with van der Waals surface area (Å²) in [6.07, 6.45) is 1.67. The lowest BCUT2D eigenvalue weighted by atomic mass is 10.1. The highest BCUT2D eigenvalue weighted by Crippen LogP contribution is 2.24. The Bertz CT molecular complexity index is 918. The minimum atomic E-state index is -0.586. The Balaban J connectivity index is 1.91. The maximum Gasteiger partial charge on any atom is 0.251 e. The van der Waals surface area contributed by atoms with Gasteiger partial charge in [0.2, 0.25) is 11.9 Å². The fourth-order valence-corrected chi connectivity index (χ4v) is 2.31. The van der Waals surface area contributed by atoms with Gasteiger partial charge in [-0.2, -0.15) is 0 Å². The van der Waals surface area contributed by atoms with E-state index >= 15 is 0 Å². The number of nitrogens with two attached hydrogens (primary N) is 1. The topological polar surface area (TPSA) is 126 Å². The molecular formula is C16H16N6O2. The molecule has 1 aromatic carbocycles. The van der Waals surface area contributed by atoms with Gasteiger partial charge >= 0.3 is 0 Å². The summed E-state index contributed by atoms with van der Waals surface area (Å²) in [5.74, 6) is -0.409. The van der Waals surface area contributed by atoms with Crippen LogP contribution in [0.3, 0.4) is 0 Å². The van der Waals surface area contributed by atoms with Gasteiger partial charge in [0.05, 0.1) is 17.9 Å². The number of primary amides is 1. The lowest BCUT2D eigenvalue weighted by molar-refractivity contribution is -0.117. The third kappa shape index (κ3) is 3.17. The van der Waals surface area contributed by atoms with Gasteiger partial charge in [0.15, 0.2) is 0 Å². The van der Waals surface area contributed by atoms with Crippen LogP contribution >= 0.6 is 0 Å². The SMILES string of the molecule is CNc1nccc(-c2cc3cc(C(=O)NCC(N)=O)ccc3[nH]2)n1. The molecule has 2 amide bonds. The molecule has 0 unspecified atom stereocenters. The van der Waals surface area contributed by atoms with Crippen molar-refractivity contribution in [2.75, 3.05) is 18.9 Å². The van der Waals surface area contributed by atoms with Crippen molar-refractivity contribution in [1.82, 2.24) is 20.3 Å². The first-order valence-electron chi connectivity index (χ1n) is 7.27. The normalized spacial score (nSPS) is 10.5.